The van der Waals surface area contributed by atoms with Crippen molar-refractivity contribution in [2.24, 2.45) is 11.3 Å². The number of fused-ring (bicyclic) bond motifs is 4. The van der Waals surface area contributed by atoms with Gasteiger partial charge in [-0.05, 0) is 43.0 Å². The van der Waals surface area contributed by atoms with E-state index in [9.17, 15) is 14.4 Å². The SMILES string of the molecule is CCOc1ccc(CC2(CN3C[C@H]4C[C@@H](C3)c3cccc(=O)n3C4)C(=O)OC(C)(C)OC2=O)cc1. The highest BCUT2D eigenvalue weighted by Crippen LogP contribution is 2.40. The molecule has 5 rings (SSSR count). The molecule has 0 spiro atoms. The molecule has 1 aromatic carbocycles. The number of ether oxygens (including phenoxy) is 3. The molecule has 2 bridgehead atoms. The van der Waals surface area contributed by atoms with Gasteiger partial charge < -0.3 is 23.7 Å². The van der Waals surface area contributed by atoms with E-state index < -0.39 is 23.1 Å². The summed E-state index contributed by atoms with van der Waals surface area (Å²) in [5.74, 6) is -1.23. The van der Waals surface area contributed by atoms with Crippen LogP contribution in [0.1, 0.15) is 44.4 Å². The van der Waals surface area contributed by atoms with E-state index in [1.54, 1.807) is 26.0 Å². The van der Waals surface area contributed by atoms with Gasteiger partial charge in [-0.2, -0.15) is 0 Å². The molecule has 2 saturated heterocycles. The molecule has 0 saturated carbocycles. The van der Waals surface area contributed by atoms with Gasteiger partial charge in [0.05, 0.1) is 6.61 Å². The highest BCUT2D eigenvalue weighted by molar-refractivity contribution is 6.02. The first-order valence-corrected chi connectivity index (χ1v) is 12.3. The fourth-order valence-electron chi connectivity index (χ4n) is 5.80. The molecule has 0 amide bonds. The predicted molar refractivity (Wildman–Crippen MR) is 128 cm³/mol. The van der Waals surface area contributed by atoms with Crippen LogP contribution in [0.5, 0.6) is 5.75 Å². The van der Waals surface area contributed by atoms with Crippen molar-refractivity contribution >= 4 is 11.9 Å². The number of pyridine rings is 1. The molecule has 2 fully saturated rings. The van der Waals surface area contributed by atoms with E-state index >= 15 is 0 Å². The summed E-state index contributed by atoms with van der Waals surface area (Å²) in [6, 6.07) is 12.9. The Kier molecular flexibility index (Phi) is 5.95. The number of piperidine rings is 1. The van der Waals surface area contributed by atoms with Gasteiger partial charge in [-0.3, -0.25) is 14.4 Å². The zero-order valence-electron chi connectivity index (χ0n) is 20.5. The molecule has 0 unspecified atom stereocenters. The van der Waals surface area contributed by atoms with E-state index in [1.807, 2.05) is 41.8 Å². The van der Waals surface area contributed by atoms with Crippen LogP contribution < -0.4 is 10.3 Å². The minimum atomic E-state index is -1.47. The Labute approximate surface area is 204 Å². The average Bonchev–Trinajstić information content (AvgIpc) is 2.79. The van der Waals surface area contributed by atoms with Crippen molar-refractivity contribution in [3.8, 4) is 5.75 Å². The van der Waals surface area contributed by atoms with Gasteiger partial charge in [-0.25, -0.2) is 0 Å². The van der Waals surface area contributed by atoms with Crippen LogP contribution in [-0.4, -0.2) is 53.4 Å². The molecule has 2 atom stereocenters. The molecular formula is C27H32N2O6. The van der Waals surface area contributed by atoms with Gasteiger partial charge in [0.1, 0.15) is 5.75 Å². The molecule has 186 valence electrons. The maximum atomic E-state index is 13.5. The van der Waals surface area contributed by atoms with Crippen molar-refractivity contribution in [3.63, 3.8) is 0 Å². The smallest absolute Gasteiger partial charge is 0.328 e. The Morgan fingerprint density at radius 1 is 0.971 bits per heavy atom. The van der Waals surface area contributed by atoms with Crippen molar-refractivity contribution in [1.29, 1.82) is 0 Å². The number of rotatable bonds is 6. The molecular weight excluding hydrogens is 448 g/mol. The van der Waals surface area contributed by atoms with Crippen LogP contribution in [0.4, 0.5) is 0 Å². The first kappa shape index (κ1) is 23.6. The minimum absolute atomic E-state index is 0.0271. The third-order valence-corrected chi connectivity index (χ3v) is 7.25. The summed E-state index contributed by atoms with van der Waals surface area (Å²) in [6.45, 7) is 7.84. The van der Waals surface area contributed by atoms with E-state index in [2.05, 4.69) is 4.90 Å². The molecule has 3 aliphatic heterocycles. The lowest BCUT2D eigenvalue weighted by molar-refractivity contribution is -0.252. The van der Waals surface area contributed by atoms with Crippen LogP contribution in [-0.2, 0) is 32.0 Å². The molecule has 4 heterocycles. The summed E-state index contributed by atoms with van der Waals surface area (Å²) in [6.07, 6.45) is 1.17. The highest BCUT2D eigenvalue weighted by atomic mass is 16.7. The van der Waals surface area contributed by atoms with E-state index in [-0.39, 0.29) is 30.4 Å². The van der Waals surface area contributed by atoms with Gasteiger partial charge >= 0.3 is 11.9 Å². The first-order chi connectivity index (χ1) is 16.7. The Morgan fingerprint density at radius 3 is 2.37 bits per heavy atom. The number of esters is 2. The number of carbonyl (C=O) groups excluding carboxylic acids is 2. The van der Waals surface area contributed by atoms with Crippen LogP contribution in [0, 0.1) is 11.3 Å². The second-order valence-corrected chi connectivity index (χ2v) is 10.4. The summed E-state index contributed by atoms with van der Waals surface area (Å²) in [4.78, 5) is 41.5. The van der Waals surface area contributed by atoms with E-state index in [4.69, 9.17) is 14.2 Å². The maximum Gasteiger partial charge on any atom is 0.328 e. The van der Waals surface area contributed by atoms with Crippen molar-refractivity contribution < 1.29 is 23.8 Å². The Balaban J connectivity index is 1.43. The van der Waals surface area contributed by atoms with Gasteiger partial charge in [-0.1, -0.05) is 18.2 Å². The van der Waals surface area contributed by atoms with Gasteiger partial charge in [-0.15, -0.1) is 0 Å². The minimum Gasteiger partial charge on any atom is -0.494 e. The molecule has 35 heavy (non-hydrogen) atoms. The molecule has 8 heteroatoms. The van der Waals surface area contributed by atoms with Crippen LogP contribution >= 0.6 is 0 Å². The zero-order valence-corrected chi connectivity index (χ0v) is 20.5. The number of benzene rings is 1. The average molecular weight is 481 g/mol. The lowest BCUT2D eigenvalue weighted by atomic mass is 9.77. The summed E-state index contributed by atoms with van der Waals surface area (Å²) in [7, 11) is 0. The molecule has 0 N–H and O–H groups in total. The molecule has 3 aliphatic rings. The second kappa shape index (κ2) is 8.82. The number of likely N-dealkylation sites (tertiary alicyclic amines) is 1. The summed E-state index contributed by atoms with van der Waals surface area (Å²) in [5, 5.41) is 0. The van der Waals surface area contributed by atoms with Crippen LogP contribution in [0.3, 0.4) is 0 Å². The van der Waals surface area contributed by atoms with Crippen molar-refractivity contribution in [1.82, 2.24) is 9.47 Å². The van der Waals surface area contributed by atoms with Crippen LogP contribution in [0.15, 0.2) is 47.3 Å². The standard InChI is InChI=1S/C27H32N2O6/c1-4-33-21-10-8-18(9-11-21)13-27(24(31)34-26(2,3)35-25(27)32)17-28-14-19-12-20(16-28)22-6-5-7-23(30)29(22)15-19/h5-11,19-20H,4,12-17H2,1-3H3/t19-,20+/m1/s1. The Morgan fingerprint density at radius 2 is 1.69 bits per heavy atom. The Hall–Kier alpha value is -3.13. The zero-order chi connectivity index (χ0) is 24.8. The quantitative estimate of drug-likeness (QED) is 0.464. The lowest BCUT2D eigenvalue weighted by Crippen LogP contribution is -2.61. The summed E-state index contributed by atoms with van der Waals surface area (Å²) >= 11 is 0. The van der Waals surface area contributed by atoms with E-state index in [1.165, 1.54) is 0 Å². The molecule has 8 nitrogen and oxygen atoms in total. The number of aromatic nitrogens is 1. The Bertz CT molecular complexity index is 1160. The number of nitrogens with zero attached hydrogens (tertiary/aromatic N) is 2. The molecule has 1 aromatic heterocycles. The molecule has 0 aliphatic carbocycles. The predicted octanol–water partition coefficient (Wildman–Crippen LogP) is 2.73. The summed E-state index contributed by atoms with van der Waals surface area (Å²) in [5.41, 5.74) is 0.411. The van der Waals surface area contributed by atoms with Gasteiger partial charge in [0.15, 0.2) is 5.41 Å². The first-order valence-electron chi connectivity index (χ1n) is 12.3. The number of cyclic esters (lactones) is 2. The third-order valence-electron chi connectivity index (χ3n) is 7.25. The number of hydrogen-bond donors (Lipinski definition) is 0. The third kappa shape index (κ3) is 4.47. The van der Waals surface area contributed by atoms with Crippen molar-refractivity contribution in [3.05, 3.63) is 64.1 Å². The molecule has 2 aromatic rings. The fourth-order valence-corrected chi connectivity index (χ4v) is 5.80. The normalized spacial score (nSPS) is 24.8. The van der Waals surface area contributed by atoms with Crippen molar-refractivity contribution in [2.75, 3.05) is 26.2 Å². The lowest BCUT2D eigenvalue weighted by Gasteiger charge is -2.47. The topological polar surface area (TPSA) is 87.1 Å². The molecule has 0 radical (unpaired) electrons. The fraction of sp³-hybridized carbons (Fsp3) is 0.519. The number of hydrogen-bond acceptors (Lipinski definition) is 7. The monoisotopic (exact) mass is 480 g/mol. The van der Waals surface area contributed by atoms with Gasteiger partial charge in [0.25, 0.3) is 11.3 Å². The summed E-state index contributed by atoms with van der Waals surface area (Å²) < 4.78 is 18.6. The van der Waals surface area contributed by atoms with Crippen molar-refractivity contribution in [2.45, 2.75) is 51.9 Å². The van der Waals surface area contributed by atoms with Crippen LogP contribution in [0.2, 0.25) is 0 Å². The largest absolute Gasteiger partial charge is 0.494 e. The van der Waals surface area contributed by atoms with E-state index in [0.717, 1.165) is 23.4 Å². The maximum absolute atomic E-state index is 13.5. The number of carbonyl (C=O) groups is 2. The van der Waals surface area contributed by atoms with Gasteiger partial charge in [0, 0.05) is 64.1 Å². The highest BCUT2D eigenvalue weighted by Gasteiger charge is 2.57. The van der Waals surface area contributed by atoms with Crippen LogP contribution in [0.25, 0.3) is 0 Å². The van der Waals surface area contributed by atoms with Gasteiger partial charge in [0.2, 0.25) is 0 Å². The second-order valence-electron chi connectivity index (χ2n) is 10.4. The van der Waals surface area contributed by atoms with E-state index in [0.29, 0.717) is 26.2 Å².